The Hall–Kier alpha value is -2.99. The number of rotatable bonds is 7. The molecule has 0 aliphatic carbocycles. The normalized spacial score (nSPS) is 16.8. The molecule has 1 saturated heterocycles. The Bertz CT molecular complexity index is 893. The molecule has 0 N–H and O–H groups in total. The van der Waals surface area contributed by atoms with Crippen LogP contribution in [-0.2, 0) is 20.9 Å². The molecule has 6 heteroatoms. The van der Waals surface area contributed by atoms with Crippen LogP contribution in [0.25, 0.3) is 5.57 Å². The van der Waals surface area contributed by atoms with Crippen molar-refractivity contribution in [3.8, 4) is 11.5 Å². The van der Waals surface area contributed by atoms with Crippen molar-refractivity contribution < 1.29 is 23.7 Å². The van der Waals surface area contributed by atoms with Crippen molar-refractivity contribution in [1.29, 1.82) is 0 Å². The molecule has 0 radical (unpaired) electrons. The van der Waals surface area contributed by atoms with Crippen LogP contribution in [0.5, 0.6) is 11.5 Å². The van der Waals surface area contributed by atoms with E-state index in [-0.39, 0.29) is 12.8 Å². The van der Waals surface area contributed by atoms with Gasteiger partial charge in [0.2, 0.25) is 6.79 Å². The minimum absolute atomic E-state index is 0.202. The molecule has 0 aromatic heterocycles. The van der Waals surface area contributed by atoms with E-state index in [9.17, 15) is 4.79 Å². The maximum Gasteiger partial charge on any atom is 0.340 e. The van der Waals surface area contributed by atoms with Gasteiger partial charge >= 0.3 is 5.97 Å². The van der Waals surface area contributed by atoms with Gasteiger partial charge in [0.05, 0.1) is 25.9 Å². The van der Waals surface area contributed by atoms with Gasteiger partial charge in [0.15, 0.2) is 11.5 Å². The highest BCUT2D eigenvalue weighted by Crippen LogP contribution is 2.37. The van der Waals surface area contributed by atoms with Gasteiger partial charge in [-0.3, -0.25) is 0 Å². The van der Waals surface area contributed by atoms with E-state index >= 15 is 0 Å². The number of hydrogen-bond donors (Lipinski definition) is 0. The Morgan fingerprint density at radius 3 is 2.76 bits per heavy atom. The van der Waals surface area contributed by atoms with E-state index < -0.39 is 0 Å². The molecule has 29 heavy (non-hydrogen) atoms. The lowest BCUT2D eigenvalue weighted by Gasteiger charge is -2.23. The molecule has 0 spiro atoms. The molecule has 0 unspecified atom stereocenters. The highest BCUT2D eigenvalue weighted by Gasteiger charge is 2.27. The van der Waals surface area contributed by atoms with Gasteiger partial charge in [0, 0.05) is 18.8 Å². The summed E-state index contributed by atoms with van der Waals surface area (Å²) in [6, 6.07) is 15.7. The maximum atomic E-state index is 12.7. The first-order chi connectivity index (χ1) is 14.3. The summed E-state index contributed by atoms with van der Waals surface area (Å²) in [6.07, 6.45) is 1.83. The van der Waals surface area contributed by atoms with Crippen LogP contribution in [-0.4, -0.2) is 44.5 Å². The molecule has 4 rings (SSSR count). The number of esters is 1. The molecule has 152 valence electrons. The molecule has 6 nitrogen and oxygen atoms in total. The number of likely N-dealkylation sites (tertiary alicyclic amines) is 1. The van der Waals surface area contributed by atoms with Crippen molar-refractivity contribution >= 4 is 11.5 Å². The molecule has 0 amide bonds. The SMILES string of the molecule is COC(=O)/C(=C1\CCCN1CCOCc1ccccc1)c1ccc2c(c1)OCO2. The minimum atomic E-state index is -0.337. The molecule has 0 atom stereocenters. The zero-order valence-corrected chi connectivity index (χ0v) is 16.6. The lowest BCUT2D eigenvalue weighted by atomic mass is 10.0. The third kappa shape index (κ3) is 4.38. The molecule has 1 fully saturated rings. The zero-order chi connectivity index (χ0) is 20.1. The highest BCUT2D eigenvalue weighted by molar-refractivity contribution is 6.17. The summed E-state index contributed by atoms with van der Waals surface area (Å²) in [5.41, 5.74) is 3.53. The fourth-order valence-corrected chi connectivity index (χ4v) is 3.76. The van der Waals surface area contributed by atoms with Crippen LogP contribution >= 0.6 is 0 Å². The van der Waals surface area contributed by atoms with Crippen molar-refractivity contribution in [2.24, 2.45) is 0 Å². The summed E-state index contributed by atoms with van der Waals surface area (Å²) < 4.78 is 21.8. The van der Waals surface area contributed by atoms with Crippen molar-refractivity contribution in [1.82, 2.24) is 4.90 Å². The second-order valence-electron chi connectivity index (χ2n) is 7.01. The fourth-order valence-electron chi connectivity index (χ4n) is 3.76. The van der Waals surface area contributed by atoms with Crippen LogP contribution in [0.1, 0.15) is 24.0 Å². The monoisotopic (exact) mass is 395 g/mol. The number of nitrogens with zero attached hydrogens (tertiary/aromatic N) is 1. The number of hydrogen-bond acceptors (Lipinski definition) is 6. The number of benzene rings is 2. The van der Waals surface area contributed by atoms with Gasteiger partial charge in [-0.05, 0) is 36.1 Å². The van der Waals surface area contributed by atoms with Crippen molar-refractivity contribution in [2.45, 2.75) is 19.4 Å². The Labute approximate surface area is 170 Å². The lowest BCUT2D eigenvalue weighted by Crippen LogP contribution is -2.25. The van der Waals surface area contributed by atoms with Gasteiger partial charge < -0.3 is 23.8 Å². The first-order valence-corrected chi connectivity index (χ1v) is 9.84. The topological polar surface area (TPSA) is 57.2 Å². The van der Waals surface area contributed by atoms with Crippen LogP contribution in [0, 0.1) is 0 Å². The van der Waals surface area contributed by atoms with E-state index in [4.69, 9.17) is 18.9 Å². The van der Waals surface area contributed by atoms with Crippen molar-refractivity contribution in [3.05, 3.63) is 65.4 Å². The third-order valence-electron chi connectivity index (χ3n) is 5.18. The molecule has 0 saturated carbocycles. The minimum Gasteiger partial charge on any atom is -0.465 e. The number of allylic oxidation sites excluding steroid dienone is 1. The van der Waals surface area contributed by atoms with Crippen LogP contribution in [0.4, 0.5) is 0 Å². The number of carbonyl (C=O) groups excluding carboxylic acids is 1. The van der Waals surface area contributed by atoms with Crippen molar-refractivity contribution in [2.75, 3.05) is 33.6 Å². The van der Waals surface area contributed by atoms with E-state index in [1.807, 2.05) is 36.4 Å². The van der Waals surface area contributed by atoms with Gasteiger partial charge in [0.25, 0.3) is 0 Å². The van der Waals surface area contributed by atoms with Crippen LogP contribution in [0.2, 0.25) is 0 Å². The van der Waals surface area contributed by atoms with E-state index in [0.29, 0.717) is 30.3 Å². The first kappa shape index (κ1) is 19.3. The Morgan fingerprint density at radius 2 is 1.93 bits per heavy atom. The van der Waals surface area contributed by atoms with Gasteiger partial charge in [0.1, 0.15) is 0 Å². The maximum absolute atomic E-state index is 12.7. The Balaban J connectivity index is 1.50. The summed E-state index contributed by atoms with van der Waals surface area (Å²) in [5.74, 6) is 1.01. The van der Waals surface area contributed by atoms with Crippen LogP contribution in [0.3, 0.4) is 0 Å². The van der Waals surface area contributed by atoms with Gasteiger partial charge in [-0.25, -0.2) is 4.79 Å². The van der Waals surface area contributed by atoms with E-state index in [1.165, 1.54) is 7.11 Å². The molecule has 2 aliphatic heterocycles. The number of carbonyl (C=O) groups is 1. The average molecular weight is 395 g/mol. The van der Waals surface area contributed by atoms with Crippen LogP contribution in [0.15, 0.2) is 54.2 Å². The molecule has 2 heterocycles. The molecular formula is C23H25NO5. The molecule has 2 aromatic carbocycles. The average Bonchev–Trinajstić information content (AvgIpc) is 3.41. The largest absolute Gasteiger partial charge is 0.465 e. The van der Waals surface area contributed by atoms with Crippen molar-refractivity contribution in [3.63, 3.8) is 0 Å². The second kappa shape index (κ2) is 9.01. The van der Waals surface area contributed by atoms with E-state index in [1.54, 1.807) is 0 Å². The first-order valence-electron chi connectivity index (χ1n) is 9.84. The Morgan fingerprint density at radius 1 is 1.10 bits per heavy atom. The van der Waals surface area contributed by atoms with Crippen LogP contribution < -0.4 is 9.47 Å². The third-order valence-corrected chi connectivity index (χ3v) is 5.18. The summed E-state index contributed by atoms with van der Waals surface area (Å²) in [4.78, 5) is 14.9. The second-order valence-corrected chi connectivity index (χ2v) is 7.01. The van der Waals surface area contributed by atoms with E-state index in [2.05, 4.69) is 17.0 Å². The highest BCUT2D eigenvalue weighted by atomic mass is 16.7. The summed E-state index contributed by atoms with van der Waals surface area (Å²) in [7, 11) is 1.41. The Kier molecular flexibility index (Phi) is 6.00. The fraction of sp³-hybridized carbons (Fsp3) is 0.348. The smallest absolute Gasteiger partial charge is 0.340 e. The predicted molar refractivity (Wildman–Crippen MR) is 108 cm³/mol. The molecule has 0 bridgehead atoms. The molecular weight excluding hydrogens is 370 g/mol. The number of methoxy groups -OCH3 is 1. The standard InChI is InChI=1S/C23H25NO5/c1-26-23(25)22(18-9-10-20-21(14-18)29-16-28-20)19-8-5-11-24(19)12-13-27-15-17-6-3-2-4-7-17/h2-4,6-7,9-10,14H,5,8,11-13,15-16H2,1H3/b22-19+. The molecule has 2 aliphatic rings. The zero-order valence-electron chi connectivity index (χ0n) is 16.6. The lowest BCUT2D eigenvalue weighted by molar-refractivity contribution is -0.133. The van der Waals surface area contributed by atoms with Gasteiger partial charge in [-0.1, -0.05) is 36.4 Å². The van der Waals surface area contributed by atoms with E-state index in [0.717, 1.165) is 42.8 Å². The summed E-state index contributed by atoms with van der Waals surface area (Å²) in [6.45, 7) is 3.00. The van der Waals surface area contributed by atoms with Gasteiger partial charge in [-0.15, -0.1) is 0 Å². The summed E-state index contributed by atoms with van der Waals surface area (Å²) >= 11 is 0. The number of ether oxygens (including phenoxy) is 4. The summed E-state index contributed by atoms with van der Waals surface area (Å²) in [5, 5.41) is 0. The predicted octanol–water partition coefficient (Wildman–Crippen LogP) is 3.61. The number of fused-ring (bicyclic) bond motifs is 1. The molecule has 2 aromatic rings. The van der Waals surface area contributed by atoms with Gasteiger partial charge in [-0.2, -0.15) is 0 Å². The quantitative estimate of drug-likeness (QED) is 0.406.